The molecule has 1 rings (SSSR count). The Balaban J connectivity index is 2.59. The molecule has 0 unspecified atom stereocenters. The third-order valence-electron chi connectivity index (χ3n) is 2.14. The second-order valence-electron chi connectivity index (χ2n) is 3.79. The maximum atomic E-state index is 11.4. The van der Waals surface area contributed by atoms with E-state index in [0.717, 1.165) is 30.4 Å². The molecule has 0 N–H and O–H groups in total. The number of Topliss-reactive ketones (excluding diaryl/α,β-unsaturated/α-hetero) is 1. The second-order valence-corrected chi connectivity index (χ2v) is 3.79. The largest absolute Gasteiger partial charge is 0.289 e. The van der Waals surface area contributed by atoms with Crippen molar-refractivity contribution in [2.45, 2.75) is 33.1 Å². The van der Waals surface area contributed by atoms with Crippen LogP contribution >= 0.6 is 0 Å². The summed E-state index contributed by atoms with van der Waals surface area (Å²) in [5.74, 6) is 0.829. The summed E-state index contributed by atoms with van der Waals surface area (Å²) in [6.07, 6.45) is 4.85. The van der Waals surface area contributed by atoms with Crippen molar-refractivity contribution in [2.24, 2.45) is 5.92 Å². The minimum Gasteiger partial charge on any atom is -0.289 e. The van der Waals surface area contributed by atoms with Crippen LogP contribution in [0.3, 0.4) is 0 Å². The van der Waals surface area contributed by atoms with Gasteiger partial charge < -0.3 is 0 Å². The number of rotatable bonds is 2. The molecule has 1 heteroatoms. The predicted molar refractivity (Wildman–Crippen MR) is 50.9 cm³/mol. The molecule has 1 nitrogen and oxygen atoms in total. The first kappa shape index (κ1) is 9.24. The molecule has 0 radical (unpaired) electrons. The molecule has 66 valence electrons. The van der Waals surface area contributed by atoms with Gasteiger partial charge in [-0.1, -0.05) is 26.5 Å². The standard InChI is InChI=1S/C11H16O/c1-8(2)4-6-10-7-5-9(3)11(10)12/h6,8H,3-5,7H2,1-2H3/b10-6-. The van der Waals surface area contributed by atoms with Crippen LogP contribution in [0, 0.1) is 5.92 Å². The third kappa shape index (κ3) is 2.07. The highest BCUT2D eigenvalue weighted by atomic mass is 16.1. The molecule has 0 atom stereocenters. The number of hydrogen-bond acceptors (Lipinski definition) is 1. The molecule has 0 spiro atoms. The van der Waals surface area contributed by atoms with Gasteiger partial charge in [-0.3, -0.25) is 4.79 Å². The van der Waals surface area contributed by atoms with Gasteiger partial charge in [0.2, 0.25) is 0 Å². The molecule has 1 aliphatic rings. The van der Waals surface area contributed by atoms with E-state index in [0.29, 0.717) is 5.92 Å². The number of carbonyl (C=O) groups is 1. The maximum Gasteiger partial charge on any atom is 0.184 e. The minimum atomic E-state index is 0.190. The quantitative estimate of drug-likeness (QED) is 0.573. The molecule has 0 aromatic carbocycles. The summed E-state index contributed by atoms with van der Waals surface area (Å²) >= 11 is 0. The molecular weight excluding hydrogens is 148 g/mol. The van der Waals surface area contributed by atoms with E-state index in [1.807, 2.05) is 0 Å². The Morgan fingerprint density at radius 1 is 1.50 bits per heavy atom. The summed E-state index contributed by atoms with van der Waals surface area (Å²) in [6.45, 7) is 8.04. The highest BCUT2D eigenvalue weighted by Gasteiger charge is 2.20. The van der Waals surface area contributed by atoms with Crippen molar-refractivity contribution in [3.8, 4) is 0 Å². The predicted octanol–water partition coefficient (Wildman–Crippen LogP) is 2.88. The smallest absolute Gasteiger partial charge is 0.184 e. The van der Waals surface area contributed by atoms with Gasteiger partial charge in [0.15, 0.2) is 5.78 Å². The molecule has 0 amide bonds. The van der Waals surface area contributed by atoms with Crippen molar-refractivity contribution < 1.29 is 4.79 Å². The van der Waals surface area contributed by atoms with Crippen LogP contribution in [0.15, 0.2) is 23.8 Å². The molecule has 0 saturated heterocycles. The summed E-state index contributed by atoms with van der Waals surface area (Å²) in [5, 5.41) is 0. The summed E-state index contributed by atoms with van der Waals surface area (Å²) < 4.78 is 0. The first-order valence-electron chi connectivity index (χ1n) is 4.52. The van der Waals surface area contributed by atoms with E-state index in [1.54, 1.807) is 0 Å². The van der Waals surface area contributed by atoms with E-state index in [2.05, 4.69) is 26.5 Å². The van der Waals surface area contributed by atoms with Crippen LogP contribution in [0.4, 0.5) is 0 Å². The van der Waals surface area contributed by atoms with Crippen LogP contribution in [0.2, 0.25) is 0 Å². The van der Waals surface area contributed by atoms with Gasteiger partial charge in [-0.15, -0.1) is 0 Å². The molecular formula is C11H16O. The first-order chi connectivity index (χ1) is 5.61. The second kappa shape index (κ2) is 3.70. The van der Waals surface area contributed by atoms with Crippen LogP contribution in [-0.4, -0.2) is 5.78 Å². The molecule has 1 fully saturated rings. The lowest BCUT2D eigenvalue weighted by molar-refractivity contribution is -0.111. The Hall–Kier alpha value is -0.850. The maximum absolute atomic E-state index is 11.4. The van der Waals surface area contributed by atoms with Crippen molar-refractivity contribution in [2.75, 3.05) is 0 Å². The van der Waals surface area contributed by atoms with Gasteiger partial charge in [-0.2, -0.15) is 0 Å². The van der Waals surface area contributed by atoms with E-state index in [1.165, 1.54) is 0 Å². The fraction of sp³-hybridized carbons (Fsp3) is 0.545. The summed E-state index contributed by atoms with van der Waals surface area (Å²) in [7, 11) is 0. The lowest BCUT2D eigenvalue weighted by Crippen LogP contribution is -1.95. The Bertz CT molecular complexity index is 233. The van der Waals surface area contributed by atoms with Crippen LogP contribution in [0.1, 0.15) is 33.1 Å². The van der Waals surface area contributed by atoms with Crippen LogP contribution in [-0.2, 0) is 4.79 Å². The molecule has 0 aromatic heterocycles. The van der Waals surface area contributed by atoms with E-state index < -0.39 is 0 Å². The van der Waals surface area contributed by atoms with Crippen LogP contribution in [0.25, 0.3) is 0 Å². The number of ketones is 1. The van der Waals surface area contributed by atoms with Gasteiger partial charge in [0.05, 0.1) is 0 Å². The van der Waals surface area contributed by atoms with Crippen molar-refractivity contribution in [3.05, 3.63) is 23.8 Å². The lowest BCUT2D eigenvalue weighted by atomic mass is 10.1. The van der Waals surface area contributed by atoms with Crippen molar-refractivity contribution >= 4 is 5.78 Å². The first-order valence-corrected chi connectivity index (χ1v) is 4.52. The molecule has 12 heavy (non-hydrogen) atoms. The van der Waals surface area contributed by atoms with Gasteiger partial charge in [0, 0.05) is 0 Å². The van der Waals surface area contributed by atoms with Crippen molar-refractivity contribution in [3.63, 3.8) is 0 Å². The molecule has 1 aliphatic carbocycles. The number of hydrogen-bond donors (Lipinski definition) is 0. The molecule has 1 saturated carbocycles. The van der Waals surface area contributed by atoms with E-state index in [-0.39, 0.29) is 5.78 Å². The van der Waals surface area contributed by atoms with Crippen LogP contribution in [0.5, 0.6) is 0 Å². The highest BCUT2D eigenvalue weighted by Crippen LogP contribution is 2.25. The van der Waals surface area contributed by atoms with Gasteiger partial charge >= 0.3 is 0 Å². The average Bonchev–Trinajstić information content (AvgIpc) is 2.30. The molecule has 0 heterocycles. The topological polar surface area (TPSA) is 17.1 Å². The lowest BCUT2D eigenvalue weighted by Gasteiger charge is -1.98. The number of allylic oxidation sites excluding steroid dienone is 3. The fourth-order valence-electron chi connectivity index (χ4n) is 1.31. The molecule has 0 aromatic rings. The van der Waals surface area contributed by atoms with Crippen molar-refractivity contribution in [1.82, 2.24) is 0 Å². The van der Waals surface area contributed by atoms with E-state index in [9.17, 15) is 4.79 Å². The summed E-state index contributed by atoms with van der Waals surface area (Å²) in [6, 6.07) is 0. The highest BCUT2D eigenvalue weighted by molar-refractivity contribution is 6.10. The number of carbonyl (C=O) groups excluding carboxylic acids is 1. The third-order valence-corrected chi connectivity index (χ3v) is 2.14. The summed E-state index contributed by atoms with van der Waals surface area (Å²) in [5.41, 5.74) is 1.76. The summed E-state index contributed by atoms with van der Waals surface area (Å²) in [4.78, 5) is 11.4. The average molecular weight is 164 g/mol. The van der Waals surface area contributed by atoms with Gasteiger partial charge in [-0.05, 0) is 36.3 Å². The molecule has 0 aliphatic heterocycles. The van der Waals surface area contributed by atoms with Crippen molar-refractivity contribution in [1.29, 1.82) is 0 Å². The monoisotopic (exact) mass is 164 g/mol. The normalized spacial score (nSPS) is 21.4. The Labute approximate surface area is 74.2 Å². The zero-order valence-electron chi connectivity index (χ0n) is 7.89. The zero-order chi connectivity index (χ0) is 9.14. The van der Waals surface area contributed by atoms with Gasteiger partial charge in [-0.25, -0.2) is 0 Å². The van der Waals surface area contributed by atoms with E-state index in [4.69, 9.17) is 0 Å². The minimum absolute atomic E-state index is 0.190. The molecule has 0 bridgehead atoms. The SMILES string of the molecule is C=C1CC/C(=C/CC(C)C)C1=O. The van der Waals surface area contributed by atoms with Gasteiger partial charge in [0.25, 0.3) is 0 Å². The fourth-order valence-corrected chi connectivity index (χ4v) is 1.31. The Morgan fingerprint density at radius 2 is 2.17 bits per heavy atom. The Kier molecular flexibility index (Phi) is 2.85. The Morgan fingerprint density at radius 3 is 2.58 bits per heavy atom. The zero-order valence-corrected chi connectivity index (χ0v) is 7.89. The van der Waals surface area contributed by atoms with Gasteiger partial charge in [0.1, 0.15) is 0 Å². The van der Waals surface area contributed by atoms with E-state index >= 15 is 0 Å². The van der Waals surface area contributed by atoms with Crippen LogP contribution < -0.4 is 0 Å².